The number of carbonyl (C=O) groups is 1. The fourth-order valence-corrected chi connectivity index (χ4v) is 4.57. The van der Waals surface area contributed by atoms with Crippen LogP contribution in [-0.2, 0) is 18.3 Å². The molecule has 1 aliphatic rings. The molecule has 34 heavy (non-hydrogen) atoms. The first-order chi connectivity index (χ1) is 16.2. The molecule has 14 heteroatoms. The number of nitro groups is 1. The maximum Gasteiger partial charge on any atom is 0.330 e. The normalized spacial score (nSPS) is 14.9. The molecule has 1 aliphatic heterocycles. The van der Waals surface area contributed by atoms with E-state index in [9.17, 15) is 19.7 Å². The van der Waals surface area contributed by atoms with Gasteiger partial charge in [0.25, 0.3) is 5.69 Å². The van der Waals surface area contributed by atoms with Gasteiger partial charge in [-0.05, 0) is 37.4 Å². The summed E-state index contributed by atoms with van der Waals surface area (Å²) in [6, 6.07) is 1.44. The quantitative estimate of drug-likeness (QED) is 0.240. The summed E-state index contributed by atoms with van der Waals surface area (Å²) >= 11 is 5.95. The average molecular weight is 486 g/mol. The van der Waals surface area contributed by atoms with E-state index in [2.05, 4.69) is 20.2 Å². The first kappa shape index (κ1) is 21.9. The number of carbonyl (C=O) groups excluding carboxylic acids is 1. The van der Waals surface area contributed by atoms with Crippen LogP contribution in [0.5, 0.6) is 0 Å². The van der Waals surface area contributed by atoms with Gasteiger partial charge in [0.2, 0.25) is 11.2 Å². The highest BCUT2D eigenvalue weighted by atomic mass is 35.5. The minimum absolute atomic E-state index is 0.0386. The number of piperidine rings is 1. The molecule has 0 radical (unpaired) electrons. The minimum Gasteiger partial charge on any atom is -0.342 e. The minimum atomic E-state index is -0.474. The van der Waals surface area contributed by atoms with Crippen LogP contribution in [0.3, 0.4) is 0 Å². The Labute approximate surface area is 196 Å². The molecule has 13 nitrogen and oxygen atoms in total. The summed E-state index contributed by atoms with van der Waals surface area (Å²) in [4.78, 5) is 46.5. The van der Waals surface area contributed by atoms with Gasteiger partial charge in [-0.1, -0.05) is 0 Å². The second kappa shape index (κ2) is 8.17. The Hall–Kier alpha value is -3.87. The van der Waals surface area contributed by atoms with Crippen molar-refractivity contribution in [3.8, 4) is 0 Å². The SMILES string of the molecule is Cc1cc2nnc(CC(=O)N3CCC(n4c(=O)n(C)c5cnc(Cl)nc54)CC3)n2cc1[N+](=O)[O-]. The van der Waals surface area contributed by atoms with E-state index in [4.69, 9.17) is 11.6 Å². The highest BCUT2D eigenvalue weighted by Crippen LogP contribution is 2.26. The molecule has 4 aromatic rings. The molecule has 0 bridgehead atoms. The molecule has 1 amide bonds. The Kier molecular flexibility index (Phi) is 5.27. The van der Waals surface area contributed by atoms with Crippen molar-refractivity contribution in [1.29, 1.82) is 0 Å². The number of aromatic nitrogens is 7. The van der Waals surface area contributed by atoms with Gasteiger partial charge in [-0.3, -0.25) is 28.4 Å². The van der Waals surface area contributed by atoms with Crippen LogP contribution in [0.4, 0.5) is 5.69 Å². The Balaban J connectivity index is 1.33. The summed E-state index contributed by atoms with van der Waals surface area (Å²) in [7, 11) is 1.66. The summed E-state index contributed by atoms with van der Waals surface area (Å²) in [6.45, 7) is 2.52. The molecule has 0 N–H and O–H groups in total. The lowest BCUT2D eigenvalue weighted by Crippen LogP contribution is -2.41. The van der Waals surface area contributed by atoms with Crippen LogP contribution in [0.15, 0.2) is 23.3 Å². The van der Waals surface area contributed by atoms with Gasteiger partial charge in [-0.15, -0.1) is 10.2 Å². The lowest BCUT2D eigenvalue weighted by molar-refractivity contribution is -0.385. The molecule has 1 saturated heterocycles. The third kappa shape index (κ3) is 3.57. The van der Waals surface area contributed by atoms with Crippen molar-refractivity contribution in [3.05, 3.63) is 55.7 Å². The van der Waals surface area contributed by atoms with E-state index in [0.29, 0.717) is 54.1 Å². The summed E-state index contributed by atoms with van der Waals surface area (Å²) < 4.78 is 4.59. The van der Waals surface area contributed by atoms with Gasteiger partial charge in [-0.25, -0.2) is 9.78 Å². The van der Waals surface area contributed by atoms with E-state index in [1.54, 1.807) is 29.5 Å². The lowest BCUT2D eigenvalue weighted by Gasteiger charge is -2.32. The number of imidazole rings is 1. The maximum absolute atomic E-state index is 13.0. The van der Waals surface area contributed by atoms with Gasteiger partial charge >= 0.3 is 5.69 Å². The molecular weight excluding hydrogens is 466 g/mol. The van der Waals surface area contributed by atoms with E-state index in [-0.39, 0.29) is 35.0 Å². The van der Waals surface area contributed by atoms with Gasteiger partial charge in [-0.2, -0.15) is 4.98 Å². The maximum atomic E-state index is 13.0. The second-order valence-electron chi connectivity index (χ2n) is 8.29. The molecule has 0 atom stereocenters. The number of hydrogen-bond donors (Lipinski definition) is 0. The number of likely N-dealkylation sites (tertiary alicyclic amines) is 1. The molecule has 0 aliphatic carbocycles. The van der Waals surface area contributed by atoms with Crippen molar-refractivity contribution in [3.63, 3.8) is 0 Å². The molecule has 0 saturated carbocycles. The Morgan fingerprint density at radius 2 is 2.03 bits per heavy atom. The third-order valence-electron chi connectivity index (χ3n) is 6.29. The topological polar surface area (TPSA) is 146 Å². The molecule has 5 heterocycles. The van der Waals surface area contributed by atoms with Crippen LogP contribution in [-0.4, -0.2) is 62.5 Å². The van der Waals surface area contributed by atoms with Gasteiger partial charge in [0.15, 0.2) is 11.3 Å². The van der Waals surface area contributed by atoms with Crippen molar-refractivity contribution < 1.29 is 9.72 Å². The number of halogens is 1. The zero-order valence-corrected chi connectivity index (χ0v) is 19.1. The molecule has 4 aromatic heterocycles. The molecule has 5 rings (SSSR count). The number of pyridine rings is 1. The zero-order chi connectivity index (χ0) is 24.1. The fourth-order valence-electron chi connectivity index (χ4n) is 4.44. The first-order valence-corrected chi connectivity index (χ1v) is 11.0. The van der Waals surface area contributed by atoms with Gasteiger partial charge < -0.3 is 4.90 Å². The predicted octanol–water partition coefficient (Wildman–Crippen LogP) is 1.45. The Bertz CT molecular complexity index is 1510. The van der Waals surface area contributed by atoms with Crippen LogP contribution in [0.2, 0.25) is 5.28 Å². The highest BCUT2D eigenvalue weighted by molar-refractivity contribution is 6.28. The van der Waals surface area contributed by atoms with Gasteiger partial charge in [0, 0.05) is 31.7 Å². The van der Waals surface area contributed by atoms with E-state index in [1.165, 1.54) is 21.4 Å². The van der Waals surface area contributed by atoms with Crippen molar-refractivity contribution in [1.82, 2.24) is 38.6 Å². The summed E-state index contributed by atoms with van der Waals surface area (Å²) in [5, 5.41) is 19.4. The predicted molar refractivity (Wildman–Crippen MR) is 121 cm³/mol. The number of amides is 1. The average Bonchev–Trinajstić information content (AvgIpc) is 3.30. The smallest absolute Gasteiger partial charge is 0.330 e. The summed E-state index contributed by atoms with van der Waals surface area (Å²) in [6.07, 6.45) is 3.97. The van der Waals surface area contributed by atoms with Gasteiger partial charge in [0.1, 0.15) is 11.3 Å². The molecule has 1 fully saturated rings. The van der Waals surface area contributed by atoms with E-state index in [0.717, 1.165) is 0 Å². The zero-order valence-electron chi connectivity index (χ0n) is 18.4. The number of fused-ring (bicyclic) bond motifs is 2. The van der Waals surface area contributed by atoms with Crippen LogP contribution in [0.1, 0.15) is 30.3 Å². The molecule has 0 unspecified atom stereocenters. The summed E-state index contributed by atoms with van der Waals surface area (Å²) in [5.41, 5.74) is 1.72. The van der Waals surface area contributed by atoms with E-state index >= 15 is 0 Å². The standard InChI is InChI=1S/C20H20ClN9O4/c1-11-7-15-24-25-16(28(15)10-14(11)30(33)34)8-17(31)27-5-3-12(4-6-27)29-18-13(26(2)20(29)32)9-22-19(21)23-18/h7,9-10,12H,3-6,8H2,1-2H3. The van der Waals surface area contributed by atoms with Crippen LogP contribution in [0, 0.1) is 17.0 Å². The lowest BCUT2D eigenvalue weighted by atomic mass is 10.0. The van der Waals surface area contributed by atoms with Crippen molar-refractivity contribution >= 4 is 40.0 Å². The van der Waals surface area contributed by atoms with E-state index < -0.39 is 4.92 Å². The number of nitrogens with zero attached hydrogens (tertiary/aromatic N) is 9. The highest BCUT2D eigenvalue weighted by Gasteiger charge is 2.28. The largest absolute Gasteiger partial charge is 0.342 e. The van der Waals surface area contributed by atoms with Crippen LogP contribution >= 0.6 is 11.6 Å². The van der Waals surface area contributed by atoms with E-state index in [1.807, 2.05) is 0 Å². The van der Waals surface area contributed by atoms with Crippen molar-refractivity contribution in [2.75, 3.05) is 13.1 Å². The fraction of sp³-hybridized carbons (Fsp3) is 0.400. The monoisotopic (exact) mass is 485 g/mol. The van der Waals surface area contributed by atoms with Crippen LogP contribution in [0.25, 0.3) is 16.8 Å². The Morgan fingerprint density at radius 3 is 2.74 bits per heavy atom. The third-order valence-corrected chi connectivity index (χ3v) is 6.47. The van der Waals surface area contributed by atoms with Gasteiger partial charge in [0.05, 0.1) is 23.7 Å². The molecule has 176 valence electrons. The summed E-state index contributed by atoms with van der Waals surface area (Å²) in [5.74, 6) is 0.174. The van der Waals surface area contributed by atoms with Crippen LogP contribution < -0.4 is 5.69 Å². The first-order valence-electron chi connectivity index (χ1n) is 10.6. The van der Waals surface area contributed by atoms with Crippen molar-refractivity contribution in [2.24, 2.45) is 7.05 Å². The number of rotatable bonds is 4. The molecular formula is C20H20ClN9O4. The second-order valence-corrected chi connectivity index (χ2v) is 8.63. The Morgan fingerprint density at radius 1 is 1.29 bits per heavy atom. The molecule has 0 spiro atoms. The number of aryl methyl sites for hydroxylation is 2. The molecule has 0 aromatic carbocycles. The number of hydrogen-bond acceptors (Lipinski definition) is 8. The van der Waals surface area contributed by atoms with Crippen molar-refractivity contribution in [2.45, 2.75) is 32.2 Å².